The maximum absolute atomic E-state index is 9.95. The number of carbonyl (C=O) groups excluding carboxylic acids is 1. The summed E-state index contributed by atoms with van der Waals surface area (Å²) in [5.74, 6) is 0. The first kappa shape index (κ1) is 7.14. The van der Waals surface area contributed by atoms with E-state index in [1.54, 1.807) is 17.5 Å². The summed E-state index contributed by atoms with van der Waals surface area (Å²) in [4.78, 5) is 13.9. The summed E-state index contributed by atoms with van der Waals surface area (Å²) in [6.07, 6.45) is 3.09. The first-order valence-electron chi connectivity index (χ1n) is 2.37. The third kappa shape index (κ3) is 2.02. The standard InChI is InChI=1S/C5H4INOS/c6-4-3-7-5(9-4)1-2-8/h2-3H,1H2. The highest BCUT2D eigenvalue weighted by atomic mass is 127. The van der Waals surface area contributed by atoms with Crippen molar-refractivity contribution < 1.29 is 4.79 Å². The smallest absolute Gasteiger partial charge is 0.126 e. The van der Waals surface area contributed by atoms with Gasteiger partial charge in [-0.1, -0.05) is 0 Å². The highest BCUT2D eigenvalue weighted by Crippen LogP contribution is 2.14. The molecule has 0 saturated carbocycles. The van der Waals surface area contributed by atoms with Crippen LogP contribution in [-0.4, -0.2) is 11.3 Å². The van der Waals surface area contributed by atoms with Crippen molar-refractivity contribution in [3.05, 3.63) is 14.1 Å². The van der Waals surface area contributed by atoms with Crippen LogP contribution in [0, 0.1) is 2.88 Å². The van der Waals surface area contributed by atoms with E-state index in [9.17, 15) is 4.79 Å². The molecule has 0 radical (unpaired) electrons. The first-order valence-corrected chi connectivity index (χ1v) is 4.26. The number of nitrogens with zero attached hydrogens (tertiary/aromatic N) is 1. The van der Waals surface area contributed by atoms with Crippen LogP contribution in [0.5, 0.6) is 0 Å². The summed E-state index contributed by atoms with van der Waals surface area (Å²) in [6, 6.07) is 0. The molecule has 4 heteroatoms. The number of aldehydes is 1. The molecule has 1 aromatic rings. The van der Waals surface area contributed by atoms with Crippen LogP contribution in [0.2, 0.25) is 0 Å². The fourth-order valence-electron chi connectivity index (χ4n) is 0.454. The van der Waals surface area contributed by atoms with Crippen LogP contribution in [0.4, 0.5) is 0 Å². The molecule has 48 valence electrons. The lowest BCUT2D eigenvalue weighted by Crippen LogP contribution is -1.80. The molecular formula is C5H4INOS. The molecular weight excluding hydrogens is 249 g/mol. The zero-order valence-corrected chi connectivity index (χ0v) is 7.48. The van der Waals surface area contributed by atoms with E-state index < -0.39 is 0 Å². The van der Waals surface area contributed by atoms with Crippen LogP contribution in [0.1, 0.15) is 5.01 Å². The molecule has 0 aliphatic heterocycles. The Labute approximate surface area is 70.4 Å². The molecule has 0 aliphatic carbocycles. The zero-order valence-electron chi connectivity index (χ0n) is 4.50. The Morgan fingerprint density at radius 2 is 2.67 bits per heavy atom. The monoisotopic (exact) mass is 253 g/mol. The molecule has 0 aliphatic rings. The fourth-order valence-corrected chi connectivity index (χ4v) is 1.94. The third-order valence-electron chi connectivity index (χ3n) is 0.783. The number of hydrogen-bond acceptors (Lipinski definition) is 3. The summed E-state index contributed by atoms with van der Waals surface area (Å²) in [5.41, 5.74) is 0. The SMILES string of the molecule is O=CCc1ncc(I)s1. The molecule has 9 heavy (non-hydrogen) atoms. The van der Waals surface area contributed by atoms with Gasteiger partial charge in [-0.2, -0.15) is 0 Å². The van der Waals surface area contributed by atoms with Gasteiger partial charge in [0, 0.05) is 0 Å². The summed E-state index contributed by atoms with van der Waals surface area (Å²) in [6.45, 7) is 0. The minimum absolute atomic E-state index is 0.452. The van der Waals surface area contributed by atoms with E-state index in [4.69, 9.17) is 0 Å². The van der Waals surface area contributed by atoms with Crippen molar-refractivity contribution in [3.8, 4) is 0 Å². The second-order valence-corrected chi connectivity index (χ2v) is 4.44. The third-order valence-corrected chi connectivity index (χ3v) is 2.53. The van der Waals surface area contributed by atoms with E-state index in [1.165, 1.54) is 0 Å². The van der Waals surface area contributed by atoms with E-state index in [0.717, 1.165) is 14.2 Å². The molecule has 2 nitrogen and oxygen atoms in total. The average Bonchev–Trinajstić information content (AvgIpc) is 2.17. The van der Waals surface area contributed by atoms with Crippen LogP contribution < -0.4 is 0 Å². The molecule has 1 heterocycles. The average molecular weight is 253 g/mol. The number of aromatic nitrogens is 1. The zero-order chi connectivity index (χ0) is 6.69. The van der Waals surface area contributed by atoms with E-state index in [0.29, 0.717) is 6.42 Å². The maximum Gasteiger partial charge on any atom is 0.126 e. The molecule has 0 atom stereocenters. The van der Waals surface area contributed by atoms with Gasteiger partial charge >= 0.3 is 0 Å². The Hall–Kier alpha value is 0.0300. The largest absolute Gasteiger partial charge is 0.303 e. The van der Waals surface area contributed by atoms with E-state index >= 15 is 0 Å². The number of thiazole rings is 1. The lowest BCUT2D eigenvalue weighted by Gasteiger charge is -1.77. The van der Waals surface area contributed by atoms with Gasteiger partial charge in [-0.3, -0.25) is 0 Å². The molecule has 0 aromatic carbocycles. The van der Waals surface area contributed by atoms with Crippen molar-refractivity contribution in [2.75, 3.05) is 0 Å². The minimum atomic E-state index is 0.452. The van der Waals surface area contributed by atoms with Gasteiger partial charge in [0.2, 0.25) is 0 Å². The topological polar surface area (TPSA) is 30.0 Å². The van der Waals surface area contributed by atoms with Crippen LogP contribution in [0.25, 0.3) is 0 Å². The van der Waals surface area contributed by atoms with Crippen LogP contribution in [0.3, 0.4) is 0 Å². The number of rotatable bonds is 2. The van der Waals surface area contributed by atoms with Gasteiger partial charge in [0.15, 0.2) is 0 Å². The summed E-state index contributed by atoms with van der Waals surface area (Å²) in [5, 5.41) is 0.898. The Morgan fingerprint density at radius 3 is 3.11 bits per heavy atom. The van der Waals surface area contributed by atoms with Gasteiger partial charge in [0.05, 0.1) is 15.5 Å². The second-order valence-electron chi connectivity index (χ2n) is 1.43. The van der Waals surface area contributed by atoms with Gasteiger partial charge in [-0.05, 0) is 22.6 Å². The predicted octanol–water partition coefficient (Wildman–Crippen LogP) is 1.49. The summed E-state index contributed by atoms with van der Waals surface area (Å²) < 4.78 is 1.13. The fraction of sp³-hybridized carbons (Fsp3) is 0.200. The molecule has 0 spiro atoms. The van der Waals surface area contributed by atoms with Gasteiger partial charge in [0.1, 0.15) is 11.3 Å². The predicted molar refractivity (Wildman–Crippen MR) is 44.6 cm³/mol. The Balaban J connectivity index is 2.72. The second kappa shape index (κ2) is 3.26. The van der Waals surface area contributed by atoms with Gasteiger partial charge in [0.25, 0.3) is 0 Å². The van der Waals surface area contributed by atoms with Crippen molar-refractivity contribution in [1.82, 2.24) is 4.98 Å². The van der Waals surface area contributed by atoms with Crippen LogP contribution in [0.15, 0.2) is 6.20 Å². The highest BCUT2D eigenvalue weighted by Gasteiger charge is 1.95. The maximum atomic E-state index is 9.95. The van der Waals surface area contributed by atoms with Gasteiger partial charge in [-0.15, -0.1) is 11.3 Å². The molecule has 0 amide bonds. The van der Waals surface area contributed by atoms with Crippen molar-refractivity contribution >= 4 is 40.2 Å². The molecule has 1 aromatic heterocycles. The van der Waals surface area contributed by atoms with Crippen molar-refractivity contribution in [2.24, 2.45) is 0 Å². The summed E-state index contributed by atoms with van der Waals surface area (Å²) in [7, 11) is 0. The quantitative estimate of drug-likeness (QED) is 0.590. The molecule has 0 unspecified atom stereocenters. The van der Waals surface area contributed by atoms with Gasteiger partial charge in [-0.25, -0.2) is 4.98 Å². The van der Waals surface area contributed by atoms with Crippen molar-refractivity contribution in [2.45, 2.75) is 6.42 Å². The van der Waals surface area contributed by atoms with E-state index in [-0.39, 0.29) is 0 Å². The minimum Gasteiger partial charge on any atom is -0.303 e. The first-order chi connectivity index (χ1) is 4.33. The van der Waals surface area contributed by atoms with Crippen molar-refractivity contribution in [3.63, 3.8) is 0 Å². The van der Waals surface area contributed by atoms with E-state index in [1.807, 2.05) is 0 Å². The number of halogens is 1. The Bertz CT molecular complexity index is 210. The lowest BCUT2D eigenvalue weighted by molar-refractivity contribution is -0.107. The summed E-state index contributed by atoms with van der Waals surface area (Å²) >= 11 is 3.74. The highest BCUT2D eigenvalue weighted by molar-refractivity contribution is 14.1. The Kier molecular flexibility index (Phi) is 2.59. The molecule has 1 rings (SSSR count). The molecule has 0 N–H and O–H groups in total. The van der Waals surface area contributed by atoms with Crippen molar-refractivity contribution in [1.29, 1.82) is 0 Å². The van der Waals surface area contributed by atoms with E-state index in [2.05, 4.69) is 27.6 Å². The normalized spacial score (nSPS) is 9.44. The number of hydrogen-bond donors (Lipinski definition) is 0. The number of carbonyl (C=O) groups is 1. The molecule has 0 fully saturated rings. The Morgan fingerprint density at radius 1 is 1.89 bits per heavy atom. The lowest BCUT2D eigenvalue weighted by atomic mass is 10.5. The molecule has 0 bridgehead atoms. The van der Waals surface area contributed by atoms with Gasteiger partial charge < -0.3 is 4.79 Å². The van der Waals surface area contributed by atoms with Crippen LogP contribution in [-0.2, 0) is 11.2 Å². The van der Waals surface area contributed by atoms with Crippen LogP contribution >= 0.6 is 33.9 Å². The molecule has 0 saturated heterocycles.